The van der Waals surface area contributed by atoms with Gasteiger partial charge in [0, 0.05) is 21.9 Å². The fourth-order valence-corrected chi connectivity index (χ4v) is 8.08. The molecule has 1 N–H and O–H groups in total. The first kappa shape index (κ1) is 29.7. The predicted molar refractivity (Wildman–Crippen MR) is 221 cm³/mol. The van der Waals surface area contributed by atoms with Crippen molar-refractivity contribution in [2.75, 3.05) is 0 Å². The van der Waals surface area contributed by atoms with E-state index < -0.39 is 0 Å². The summed E-state index contributed by atoms with van der Waals surface area (Å²) in [5, 5.41) is 15.4. The lowest BCUT2D eigenvalue weighted by atomic mass is 9.97. The average molecular weight is 678 g/mol. The number of furan rings is 1. The molecule has 0 fully saturated rings. The van der Waals surface area contributed by atoms with Gasteiger partial charge in [-0.25, -0.2) is 9.98 Å². The topological polar surface area (TPSA) is 49.9 Å². The third kappa shape index (κ3) is 4.91. The molecule has 0 saturated carbocycles. The van der Waals surface area contributed by atoms with E-state index in [2.05, 4.69) is 169 Å². The maximum Gasteiger partial charge on any atom is 0.160 e. The number of fused-ring (bicyclic) bond motifs is 8. The number of rotatable bonds is 4. The van der Waals surface area contributed by atoms with E-state index in [1.165, 1.54) is 48.7 Å². The van der Waals surface area contributed by atoms with E-state index in [1.807, 2.05) is 12.1 Å². The normalized spacial score (nSPS) is 14.6. The van der Waals surface area contributed by atoms with E-state index in [4.69, 9.17) is 14.4 Å². The van der Waals surface area contributed by atoms with Gasteiger partial charge in [0.1, 0.15) is 23.2 Å². The molecule has 1 aliphatic heterocycles. The summed E-state index contributed by atoms with van der Waals surface area (Å²) >= 11 is 0. The molecule has 4 heteroatoms. The van der Waals surface area contributed by atoms with E-state index in [-0.39, 0.29) is 6.17 Å². The van der Waals surface area contributed by atoms with Crippen LogP contribution in [0.15, 0.2) is 190 Å². The van der Waals surface area contributed by atoms with Crippen molar-refractivity contribution in [2.24, 2.45) is 9.98 Å². The van der Waals surface area contributed by atoms with E-state index in [0.717, 1.165) is 50.0 Å². The van der Waals surface area contributed by atoms with Gasteiger partial charge >= 0.3 is 0 Å². The molecule has 0 spiro atoms. The Balaban J connectivity index is 1.08. The Morgan fingerprint density at radius 3 is 2.00 bits per heavy atom. The Kier molecular flexibility index (Phi) is 6.58. The molecule has 10 aromatic rings. The molecule has 11 rings (SSSR count). The van der Waals surface area contributed by atoms with Crippen molar-refractivity contribution in [1.29, 1.82) is 0 Å². The monoisotopic (exact) mass is 677 g/mol. The Morgan fingerprint density at radius 2 is 1.09 bits per heavy atom. The fourth-order valence-electron chi connectivity index (χ4n) is 8.08. The molecule has 1 unspecified atom stereocenters. The number of hydrogen-bond donors (Lipinski definition) is 1. The smallest absolute Gasteiger partial charge is 0.160 e. The van der Waals surface area contributed by atoms with Crippen LogP contribution < -0.4 is 5.32 Å². The Hall–Kier alpha value is -7.04. The largest absolute Gasteiger partial charge is 0.456 e. The molecular weight excluding hydrogens is 647 g/mol. The molecule has 1 aromatic heterocycles. The molecule has 53 heavy (non-hydrogen) atoms. The first-order valence-electron chi connectivity index (χ1n) is 18.0. The number of benzene rings is 9. The SMILES string of the molecule is c1ccc2cc(C3N=C(c4cccc5oc6cc(-c7cccc8ccccc78)ccc6c45)N=C(c4ccc5c(ccc6ccccc65)c4)N3)ccc2c1. The van der Waals surface area contributed by atoms with Gasteiger partial charge in [-0.1, -0.05) is 146 Å². The molecule has 4 nitrogen and oxygen atoms in total. The average Bonchev–Trinajstić information content (AvgIpc) is 3.61. The van der Waals surface area contributed by atoms with Crippen molar-refractivity contribution in [2.45, 2.75) is 6.17 Å². The lowest BCUT2D eigenvalue weighted by molar-refractivity contribution is 0.668. The van der Waals surface area contributed by atoms with Crippen molar-refractivity contribution in [3.05, 3.63) is 193 Å². The van der Waals surface area contributed by atoms with Crippen molar-refractivity contribution in [3.63, 3.8) is 0 Å². The summed E-state index contributed by atoms with van der Waals surface area (Å²) in [6.07, 6.45) is -0.346. The Bertz CT molecular complexity index is 3160. The minimum absolute atomic E-state index is 0.346. The summed E-state index contributed by atoms with van der Waals surface area (Å²) in [4.78, 5) is 10.6. The Labute approximate surface area is 305 Å². The van der Waals surface area contributed by atoms with Crippen LogP contribution in [0.4, 0.5) is 0 Å². The number of aliphatic imine (C=N–C) groups is 2. The lowest BCUT2D eigenvalue weighted by Gasteiger charge is -2.24. The number of amidine groups is 2. The molecular formula is C49H31N3O. The summed E-state index contributed by atoms with van der Waals surface area (Å²) in [7, 11) is 0. The third-order valence-electron chi connectivity index (χ3n) is 10.7. The van der Waals surface area contributed by atoms with E-state index >= 15 is 0 Å². The minimum Gasteiger partial charge on any atom is -0.456 e. The molecule has 9 aromatic carbocycles. The number of nitrogens with one attached hydrogen (secondary N) is 1. The van der Waals surface area contributed by atoms with Crippen LogP contribution in [-0.4, -0.2) is 11.7 Å². The van der Waals surface area contributed by atoms with Gasteiger partial charge in [0.25, 0.3) is 0 Å². The molecule has 0 bridgehead atoms. The van der Waals surface area contributed by atoms with Gasteiger partial charge in [-0.05, 0) is 90.1 Å². The highest BCUT2D eigenvalue weighted by atomic mass is 16.3. The van der Waals surface area contributed by atoms with Gasteiger partial charge in [0.15, 0.2) is 5.84 Å². The number of hydrogen-bond acceptors (Lipinski definition) is 4. The van der Waals surface area contributed by atoms with Gasteiger partial charge in [-0.3, -0.25) is 0 Å². The fraction of sp³-hybridized carbons (Fsp3) is 0.0204. The van der Waals surface area contributed by atoms with Crippen LogP contribution >= 0.6 is 0 Å². The zero-order chi connectivity index (χ0) is 34.9. The van der Waals surface area contributed by atoms with Crippen LogP contribution in [0, 0.1) is 0 Å². The second kappa shape index (κ2) is 11.8. The van der Waals surface area contributed by atoms with Crippen molar-refractivity contribution in [3.8, 4) is 11.1 Å². The van der Waals surface area contributed by atoms with Crippen LogP contribution in [0.25, 0.3) is 76.2 Å². The standard InChI is InChI=1S/C49H31N3O/c1-2-12-33-27-36(22-19-30(33)9-1)47-50-48(37-24-25-41-34(28-37)21-20-32-11-4-6-15-39(32)41)52-49(51-47)43-17-8-18-44-46(43)42-26-23-35(29-45(42)53-44)40-16-7-13-31-10-3-5-14-38(31)40/h1-29,47H,(H,50,51,52). The van der Waals surface area contributed by atoms with Crippen LogP contribution in [0.5, 0.6) is 0 Å². The van der Waals surface area contributed by atoms with E-state index in [0.29, 0.717) is 5.84 Å². The van der Waals surface area contributed by atoms with Gasteiger partial charge in [0.2, 0.25) is 0 Å². The third-order valence-corrected chi connectivity index (χ3v) is 10.7. The van der Waals surface area contributed by atoms with Gasteiger partial charge < -0.3 is 9.73 Å². The first-order valence-corrected chi connectivity index (χ1v) is 18.0. The zero-order valence-electron chi connectivity index (χ0n) is 28.6. The molecule has 1 aliphatic rings. The summed E-state index contributed by atoms with van der Waals surface area (Å²) in [6, 6.07) is 62.3. The van der Waals surface area contributed by atoms with E-state index in [9.17, 15) is 0 Å². The quantitative estimate of drug-likeness (QED) is 0.189. The zero-order valence-corrected chi connectivity index (χ0v) is 28.6. The van der Waals surface area contributed by atoms with Crippen LogP contribution in [0.3, 0.4) is 0 Å². The second-order valence-corrected chi connectivity index (χ2v) is 13.8. The summed E-state index contributed by atoms with van der Waals surface area (Å²) in [5.74, 6) is 1.45. The van der Waals surface area contributed by atoms with Gasteiger partial charge in [0.05, 0.1) is 0 Å². The summed E-state index contributed by atoms with van der Waals surface area (Å²) in [6.45, 7) is 0. The predicted octanol–water partition coefficient (Wildman–Crippen LogP) is 12.4. The molecule has 0 radical (unpaired) electrons. The van der Waals surface area contributed by atoms with Crippen LogP contribution in [0.1, 0.15) is 22.9 Å². The molecule has 0 aliphatic carbocycles. The maximum atomic E-state index is 6.59. The number of nitrogens with zero attached hydrogens (tertiary/aromatic N) is 2. The van der Waals surface area contributed by atoms with Gasteiger partial charge in [-0.15, -0.1) is 0 Å². The first-order chi connectivity index (χ1) is 26.2. The highest BCUT2D eigenvalue weighted by Gasteiger charge is 2.24. The molecule has 248 valence electrons. The highest BCUT2D eigenvalue weighted by Crippen LogP contribution is 2.38. The van der Waals surface area contributed by atoms with Crippen LogP contribution in [0.2, 0.25) is 0 Å². The van der Waals surface area contributed by atoms with Gasteiger partial charge in [-0.2, -0.15) is 0 Å². The maximum absolute atomic E-state index is 6.59. The van der Waals surface area contributed by atoms with Crippen LogP contribution in [-0.2, 0) is 0 Å². The molecule has 2 heterocycles. The van der Waals surface area contributed by atoms with Crippen molar-refractivity contribution < 1.29 is 4.42 Å². The Morgan fingerprint density at radius 1 is 0.434 bits per heavy atom. The van der Waals surface area contributed by atoms with Crippen molar-refractivity contribution >= 4 is 76.7 Å². The minimum atomic E-state index is -0.346. The molecule has 0 amide bonds. The summed E-state index contributed by atoms with van der Waals surface area (Å²) < 4.78 is 6.59. The highest BCUT2D eigenvalue weighted by molar-refractivity contribution is 6.22. The summed E-state index contributed by atoms with van der Waals surface area (Å²) in [5.41, 5.74) is 6.98. The molecule has 1 atom stereocenters. The van der Waals surface area contributed by atoms with E-state index in [1.54, 1.807) is 0 Å². The lowest BCUT2D eigenvalue weighted by Crippen LogP contribution is -2.33. The van der Waals surface area contributed by atoms with Crippen molar-refractivity contribution in [1.82, 2.24) is 5.32 Å². The molecule has 0 saturated heterocycles. The second-order valence-electron chi connectivity index (χ2n) is 13.8.